The van der Waals surface area contributed by atoms with Crippen molar-refractivity contribution in [1.29, 1.82) is 0 Å². The van der Waals surface area contributed by atoms with Crippen molar-refractivity contribution in [3.8, 4) is 5.75 Å². The van der Waals surface area contributed by atoms with E-state index >= 15 is 0 Å². The lowest BCUT2D eigenvalue weighted by atomic mass is 10.1. The van der Waals surface area contributed by atoms with Gasteiger partial charge in [-0.1, -0.05) is 28.1 Å². The number of hydrogen-bond donors (Lipinski definition) is 1. The third kappa shape index (κ3) is 3.12. The fourth-order valence-corrected chi connectivity index (χ4v) is 2.46. The zero-order valence-electron chi connectivity index (χ0n) is 12.2. The molecule has 5 nitrogen and oxygen atoms in total. The SMILES string of the molecule is COc1ccc(/C=C2\C(=O)NN(c3ccc(Br)cc3)C2=O)cc1. The Hall–Kier alpha value is -2.60. The van der Waals surface area contributed by atoms with Crippen LogP contribution >= 0.6 is 15.9 Å². The molecule has 0 radical (unpaired) electrons. The van der Waals surface area contributed by atoms with E-state index in [4.69, 9.17) is 4.74 Å². The molecule has 23 heavy (non-hydrogen) atoms. The molecule has 1 aliphatic heterocycles. The molecule has 116 valence electrons. The second kappa shape index (κ2) is 6.26. The number of carbonyl (C=O) groups excluding carboxylic acids is 2. The van der Waals surface area contributed by atoms with Crippen LogP contribution in [0, 0.1) is 0 Å². The lowest BCUT2D eigenvalue weighted by Gasteiger charge is -2.14. The summed E-state index contributed by atoms with van der Waals surface area (Å²) in [6.45, 7) is 0. The van der Waals surface area contributed by atoms with E-state index in [2.05, 4.69) is 21.4 Å². The molecule has 0 saturated carbocycles. The summed E-state index contributed by atoms with van der Waals surface area (Å²) in [7, 11) is 1.58. The summed E-state index contributed by atoms with van der Waals surface area (Å²) < 4.78 is 5.98. The largest absolute Gasteiger partial charge is 0.497 e. The predicted molar refractivity (Wildman–Crippen MR) is 90.7 cm³/mol. The highest BCUT2D eigenvalue weighted by atomic mass is 79.9. The number of anilines is 1. The molecule has 3 rings (SSSR count). The molecule has 1 aliphatic rings. The number of benzene rings is 2. The van der Waals surface area contributed by atoms with Crippen LogP contribution < -0.4 is 15.2 Å². The summed E-state index contributed by atoms with van der Waals surface area (Å²) in [6.07, 6.45) is 1.57. The Morgan fingerprint density at radius 3 is 2.30 bits per heavy atom. The Kier molecular flexibility index (Phi) is 4.16. The molecule has 1 heterocycles. The van der Waals surface area contributed by atoms with Crippen LogP contribution in [-0.4, -0.2) is 18.9 Å². The first-order valence-corrected chi connectivity index (χ1v) is 7.64. The predicted octanol–water partition coefficient (Wildman–Crippen LogP) is 2.92. The quantitative estimate of drug-likeness (QED) is 0.665. The van der Waals surface area contributed by atoms with Crippen LogP contribution in [0.3, 0.4) is 0 Å². The second-order valence-electron chi connectivity index (χ2n) is 4.89. The van der Waals surface area contributed by atoms with Gasteiger partial charge in [0.2, 0.25) is 0 Å². The molecule has 0 atom stereocenters. The number of carbonyl (C=O) groups is 2. The molecule has 2 amide bonds. The molecular formula is C17H13BrN2O3. The van der Waals surface area contributed by atoms with Gasteiger partial charge in [-0.25, -0.2) is 5.01 Å². The number of ether oxygens (including phenoxy) is 1. The number of nitrogens with one attached hydrogen (secondary N) is 1. The number of methoxy groups -OCH3 is 1. The Morgan fingerprint density at radius 2 is 1.70 bits per heavy atom. The summed E-state index contributed by atoms with van der Waals surface area (Å²) in [5.41, 5.74) is 4.02. The van der Waals surface area contributed by atoms with Crippen molar-refractivity contribution in [2.24, 2.45) is 0 Å². The van der Waals surface area contributed by atoms with Crippen molar-refractivity contribution < 1.29 is 14.3 Å². The summed E-state index contributed by atoms with van der Waals surface area (Å²) in [5.74, 6) is -0.0901. The molecule has 0 spiro atoms. The smallest absolute Gasteiger partial charge is 0.282 e. The Morgan fingerprint density at radius 1 is 1.04 bits per heavy atom. The maximum atomic E-state index is 12.5. The summed E-state index contributed by atoms with van der Waals surface area (Å²) in [6, 6.07) is 14.2. The van der Waals surface area contributed by atoms with Crippen LogP contribution in [0.15, 0.2) is 58.6 Å². The highest BCUT2D eigenvalue weighted by Gasteiger charge is 2.34. The molecule has 0 unspecified atom stereocenters. The molecule has 0 aliphatic carbocycles. The normalized spacial score (nSPS) is 15.9. The molecule has 2 aromatic rings. The Balaban J connectivity index is 1.88. The van der Waals surface area contributed by atoms with Crippen molar-refractivity contribution >= 4 is 39.5 Å². The lowest BCUT2D eigenvalue weighted by Crippen LogP contribution is -2.35. The van der Waals surface area contributed by atoms with Crippen LogP contribution in [0.1, 0.15) is 5.56 Å². The number of halogens is 1. The van der Waals surface area contributed by atoms with Crippen LogP contribution in [0.25, 0.3) is 6.08 Å². The van der Waals surface area contributed by atoms with E-state index in [1.54, 1.807) is 61.7 Å². The van der Waals surface area contributed by atoms with Crippen LogP contribution in [0.5, 0.6) is 5.75 Å². The Bertz CT molecular complexity index is 782. The van der Waals surface area contributed by atoms with Crippen molar-refractivity contribution in [3.63, 3.8) is 0 Å². The zero-order valence-corrected chi connectivity index (χ0v) is 13.8. The summed E-state index contributed by atoms with van der Waals surface area (Å²) in [4.78, 5) is 24.6. The molecule has 0 aromatic heterocycles. The first kappa shape index (κ1) is 15.3. The van der Waals surface area contributed by atoms with Gasteiger partial charge in [-0.2, -0.15) is 0 Å². The van der Waals surface area contributed by atoms with Gasteiger partial charge in [-0.05, 0) is 48.0 Å². The number of hydrazine groups is 1. The van der Waals surface area contributed by atoms with Gasteiger partial charge in [0.15, 0.2) is 0 Å². The molecule has 2 aromatic carbocycles. The van der Waals surface area contributed by atoms with Crippen LogP contribution in [0.4, 0.5) is 5.69 Å². The van der Waals surface area contributed by atoms with E-state index < -0.39 is 5.91 Å². The first-order valence-electron chi connectivity index (χ1n) is 6.85. The number of rotatable bonds is 3. The van der Waals surface area contributed by atoms with Crippen molar-refractivity contribution in [1.82, 2.24) is 5.43 Å². The van der Waals surface area contributed by atoms with E-state index in [0.29, 0.717) is 11.4 Å². The third-order valence-corrected chi connectivity index (χ3v) is 3.93. The lowest BCUT2D eigenvalue weighted by molar-refractivity contribution is -0.117. The molecule has 1 saturated heterocycles. The fourth-order valence-electron chi connectivity index (χ4n) is 2.20. The van der Waals surface area contributed by atoms with E-state index in [1.165, 1.54) is 5.01 Å². The molecule has 1 fully saturated rings. The zero-order chi connectivity index (χ0) is 16.4. The standard InChI is InChI=1S/C17H13BrN2O3/c1-23-14-8-2-11(3-9-14)10-15-16(21)19-20(17(15)22)13-6-4-12(18)5-7-13/h2-10H,1H3,(H,19,21)/b15-10+. The molecule has 1 N–H and O–H groups in total. The maximum Gasteiger partial charge on any atom is 0.282 e. The van der Waals surface area contributed by atoms with Gasteiger partial charge in [0.1, 0.15) is 11.3 Å². The highest BCUT2D eigenvalue weighted by Crippen LogP contribution is 2.23. The van der Waals surface area contributed by atoms with E-state index in [-0.39, 0.29) is 11.5 Å². The summed E-state index contributed by atoms with van der Waals surface area (Å²) >= 11 is 3.34. The number of nitrogens with zero attached hydrogens (tertiary/aromatic N) is 1. The van der Waals surface area contributed by atoms with Gasteiger partial charge in [0, 0.05) is 4.47 Å². The average molecular weight is 373 g/mol. The Labute approximate surface area is 141 Å². The van der Waals surface area contributed by atoms with Gasteiger partial charge < -0.3 is 4.74 Å². The van der Waals surface area contributed by atoms with E-state index in [9.17, 15) is 9.59 Å². The number of amides is 2. The van der Waals surface area contributed by atoms with Crippen LogP contribution in [-0.2, 0) is 9.59 Å². The van der Waals surface area contributed by atoms with Gasteiger partial charge in [0.05, 0.1) is 12.8 Å². The van der Waals surface area contributed by atoms with Crippen molar-refractivity contribution in [2.75, 3.05) is 12.1 Å². The fraction of sp³-hybridized carbons (Fsp3) is 0.0588. The first-order chi connectivity index (χ1) is 11.1. The summed E-state index contributed by atoms with van der Waals surface area (Å²) in [5, 5.41) is 1.24. The van der Waals surface area contributed by atoms with Gasteiger partial charge in [0.25, 0.3) is 11.8 Å². The van der Waals surface area contributed by atoms with Crippen molar-refractivity contribution in [2.45, 2.75) is 0 Å². The molecule has 6 heteroatoms. The van der Waals surface area contributed by atoms with Crippen LogP contribution in [0.2, 0.25) is 0 Å². The average Bonchev–Trinajstić information content (AvgIpc) is 2.84. The topological polar surface area (TPSA) is 58.6 Å². The van der Waals surface area contributed by atoms with Gasteiger partial charge in [-0.15, -0.1) is 0 Å². The van der Waals surface area contributed by atoms with E-state index in [1.807, 2.05) is 0 Å². The monoisotopic (exact) mass is 372 g/mol. The maximum absolute atomic E-state index is 12.5. The second-order valence-corrected chi connectivity index (χ2v) is 5.80. The third-order valence-electron chi connectivity index (χ3n) is 3.40. The minimum atomic E-state index is -0.422. The minimum Gasteiger partial charge on any atom is -0.497 e. The van der Waals surface area contributed by atoms with E-state index in [0.717, 1.165) is 10.0 Å². The molecule has 0 bridgehead atoms. The molecular weight excluding hydrogens is 360 g/mol. The number of hydrogen-bond acceptors (Lipinski definition) is 3. The highest BCUT2D eigenvalue weighted by molar-refractivity contribution is 9.10. The minimum absolute atomic E-state index is 0.0954. The van der Waals surface area contributed by atoms with Crippen molar-refractivity contribution in [3.05, 3.63) is 64.1 Å². The van der Waals surface area contributed by atoms with Gasteiger partial charge in [-0.3, -0.25) is 15.0 Å². The van der Waals surface area contributed by atoms with Gasteiger partial charge >= 0.3 is 0 Å².